The molecule has 6 rings (SSSR count). The maximum absolute atomic E-state index is 15.1. The number of fused-ring (bicyclic) bond motifs is 3. The summed E-state index contributed by atoms with van der Waals surface area (Å²) in [5.74, 6) is -13.1. The lowest BCUT2D eigenvalue weighted by atomic mass is 9.52. The minimum atomic E-state index is -4.95. The fourth-order valence-corrected chi connectivity index (χ4v) is 8.37. The van der Waals surface area contributed by atoms with Crippen molar-refractivity contribution in [3.8, 4) is 5.75 Å². The van der Waals surface area contributed by atoms with Crippen molar-refractivity contribution in [1.82, 2.24) is 9.80 Å². The van der Waals surface area contributed by atoms with Gasteiger partial charge >= 0.3 is 6.18 Å². The zero-order chi connectivity index (χ0) is 35.0. The Bertz CT molecular complexity index is 1710. The first kappa shape index (κ1) is 33.9. The van der Waals surface area contributed by atoms with Gasteiger partial charge in [0.1, 0.15) is 5.75 Å². The summed E-state index contributed by atoms with van der Waals surface area (Å²) >= 11 is 0. The SMILES string of the molecule is CC(c1ccccc1)N(Cc1cc(O)c2c(c1C(F)(F)F)C[C@H]1C[C@H]3[C@H](N(C)C)C(=O)C(C(N)=O)C(=O)[C@@]3(O)C(=O)C1C2=O)CC1CC1. The van der Waals surface area contributed by atoms with E-state index in [1.807, 2.05) is 42.2 Å². The van der Waals surface area contributed by atoms with Gasteiger partial charge in [0, 0.05) is 25.0 Å². The molecular formula is C35H38F3N3O7. The van der Waals surface area contributed by atoms with Crippen molar-refractivity contribution in [2.75, 3.05) is 20.6 Å². The second-order valence-electron chi connectivity index (χ2n) is 14.0. The van der Waals surface area contributed by atoms with Gasteiger partial charge in [-0.15, -0.1) is 0 Å². The van der Waals surface area contributed by atoms with Crippen molar-refractivity contribution in [2.24, 2.45) is 35.3 Å². The number of primary amides is 1. The van der Waals surface area contributed by atoms with Crippen molar-refractivity contribution in [2.45, 2.75) is 63.0 Å². The van der Waals surface area contributed by atoms with Crippen LogP contribution < -0.4 is 5.73 Å². The van der Waals surface area contributed by atoms with E-state index in [9.17, 15) is 34.2 Å². The Morgan fingerprint density at radius 3 is 2.29 bits per heavy atom. The summed E-state index contributed by atoms with van der Waals surface area (Å²) in [6, 6.07) is 8.65. The highest BCUT2D eigenvalue weighted by molar-refractivity contribution is 6.32. The fourth-order valence-electron chi connectivity index (χ4n) is 8.37. The number of hydrogen-bond acceptors (Lipinski definition) is 9. The lowest BCUT2D eigenvalue weighted by Gasteiger charge is -2.52. The van der Waals surface area contributed by atoms with Gasteiger partial charge in [0.05, 0.1) is 23.1 Å². The average Bonchev–Trinajstić information content (AvgIpc) is 3.81. The molecule has 13 heteroatoms. The first-order valence-electron chi connectivity index (χ1n) is 16.1. The molecule has 2 aromatic rings. The summed E-state index contributed by atoms with van der Waals surface area (Å²) < 4.78 is 45.3. The Labute approximate surface area is 275 Å². The molecule has 0 bridgehead atoms. The van der Waals surface area contributed by atoms with Crippen LogP contribution in [0.3, 0.4) is 0 Å². The lowest BCUT2D eigenvalue weighted by Crippen LogP contribution is -2.74. The largest absolute Gasteiger partial charge is 0.507 e. The topological polar surface area (TPSA) is 158 Å². The molecule has 10 nitrogen and oxygen atoms in total. The van der Waals surface area contributed by atoms with Crippen molar-refractivity contribution < 1.29 is 47.4 Å². The van der Waals surface area contributed by atoms with Crippen LogP contribution in [0.2, 0.25) is 0 Å². The van der Waals surface area contributed by atoms with Gasteiger partial charge in [0.25, 0.3) is 0 Å². The molecule has 0 spiro atoms. The number of phenolic OH excluding ortho intramolecular Hbond substituents is 1. The molecule has 3 unspecified atom stereocenters. The van der Waals surface area contributed by atoms with Crippen LogP contribution in [0.5, 0.6) is 5.75 Å². The Morgan fingerprint density at radius 1 is 1.08 bits per heavy atom. The third-order valence-corrected chi connectivity index (χ3v) is 10.8. The molecular weight excluding hydrogens is 631 g/mol. The number of rotatable bonds is 8. The van der Waals surface area contributed by atoms with Crippen LogP contribution in [0.15, 0.2) is 36.4 Å². The number of Topliss-reactive ketones (excluding diaryl/α,β-unsaturated/α-hetero) is 4. The van der Waals surface area contributed by atoms with E-state index >= 15 is 13.2 Å². The smallest absolute Gasteiger partial charge is 0.417 e. The van der Waals surface area contributed by atoms with E-state index in [2.05, 4.69) is 0 Å². The van der Waals surface area contributed by atoms with Crippen molar-refractivity contribution in [3.63, 3.8) is 0 Å². The zero-order valence-corrected chi connectivity index (χ0v) is 26.8. The van der Waals surface area contributed by atoms with Gasteiger partial charge < -0.3 is 15.9 Å². The number of benzene rings is 2. The van der Waals surface area contributed by atoms with Crippen LogP contribution in [0.4, 0.5) is 13.2 Å². The summed E-state index contributed by atoms with van der Waals surface area (Å²) in [4.78, 5) is 70.2. The minimum absolute atomic E-state index is 0.175. The van der Waals surface area contributed by atoms with Crippen LogP contribution in [0.25, 0.3) is 0 Å². The van der Waals surface area contributed by atoms with Crippen molar-refractivity contribution in [1.29, 1.82) is 0 Å². The van der Waals surface area contributed by atoms with Gasteiger partial charge in [0.2, 0.25) is 5.91 Å². The first-order valence-corrected chi connectivity index (χ1v) is 16.1. The van der Waals surface area contributed by atoms with E-state index in [1.54, 1.807) is 0 Å². The van der Waals surface area contributed by atoms with Crippen LogP contribution in [-0.2, 0) is 38.3 Å². The Morgan fingerprint density at radius 2 is 1.73 bits per heavy atom. The molecule has 2 aromatic carbocycles. The molecule has 0 aliphatic heterocycles. The molecule has 4 aliphatic carbocycles. The highest BCUT2D eigenvalue weighted by Gasteiger charge is 2.69. The number of likely N-dealkylation sites (N-methyl/N-ethyl adjacent to an activating group) is 1. The molecule has 48 heavy (non-hydrogen) atoms. The van der Waals surface area contributed by atoms with Crippen LogP contribution in [0.1, 0.15) is 64.8 Å². The molecule has 3 fully saturated rings. The molecule has 4 aliphatic rings. The summed E-state index contributed by atoms with van der Waals surface area (Å²) in [6.45, 7) is 2.26. The maximum Gasteiger partial charge on any atom is 0.417 e. The molecule has 0 radical (unpaired) electrons. The summed E-state index contributed by atoms with van der Waals surface area (Å²) in [7, 11) is 2.87. The number of hydrogen-bond donors (Lipinski definition) is 3. The van der Waals surface area contributed by atoms with E-state index in [0.717, 1.165) is 24.5 Å². The van der Waals surface area contributed by atoms with Gasteiger partial charge in [-0.25, -0.2) is 0 Å². The Balaban J connectivity index is 1.45. The molecule has 4 N–H and O–H groups in total. The zero-order valence-electron chi connectivity index (χ0n) is 26.8. The second-order valence-corrected chi connectivity index (χ2v) is 14.0. The third-order valence-electron chi connectivity index (χ3n) is 10.8. The number of aromatic hydroxyl groups is 1. The van der Waals surface area contributed by atoms with Crippen molar-refractivity contribution >= 4 is 29.0 Å². The lowest BCUT2D eigenvalue weighted by molar-refractivity contribution is -0.181. The summed E-state index contributed by atoms with van der Waals surface area (Å²) in [5.41, 5.74) is 0.868. The number of nitrogens with two attached hydrogens (primary N) is 1. The Kier molecular flexibility index (Phi) is 8.40. The molecule has 0 aromatic heterocycles. The monoisotopic (exact) mass is 669 g/mol. The highest BCUT2D eigenvalue weighted by atomic mass is 19.4. The first-order chi connectivity index (χ1) is 22.5. The second kappa shape index (κ2) is 11.9. The highest BCUT2D eigenvalue weighted by Crippen LogP contribution is 2.53. The number of carbonyl (C=O) groups excluding carboxylic acids is 5. The standard InChI is InChI=1S/C35H38F3N3O7/c1-16(18-7-5-4-6-8-18)41(14-17-9-10-17)15-20-13-23(42)25-21(27(20)35(36,37)38)11-19-12-22-28(40(2)3)30(44)26(33(39)47)32(46)34(22,48)31(45)24(19)29(25)43/h4-8,13,16-17,19,22,24,26,28,42,48H,9-12,14-15H2,1-3H3,(H2,39,47)/t16?,19-,22-,24?,26?,28-,34-/m0/s1. The maximum atomic E-state index is 15.1. The Hall–Kier alpha value is -3.94. The van der Waals surface area contributed by atoms with E-state index in [0.29, 0.717) is 12.5 Å². The number of amides is 1. The molecule has 0 heterocycles. The molecule has 0 saturated heterocycles. The fraction of sp³-hybridized carbons (Fsp3) is 0.514. The van der Waals surface area contributed by atoms with Crippen LogP contribution in [0, 0.1) is 29.6 Å². The summed E-state index contributed by atoms with van der Waals surface area (Å²) in [5, 5.41) is 22.9. The van der Waals surface area contributed by atoms with Crippen LogP contribution in [-0.4, -0.2) is 81.3 Å². The third kappa shape index (κ3) is 5.36. The minimum Gasteiger partial charge on any atom is -0.507 e. The predicted molar refractivity (Wildman–Crippen MR) is 164 cm³/mol. The number of aliphatic hydroxyl groups is 1. The van der Waals surface area contributed by atoms with Gasteiger partial charge in [-0.2, -0.15) is 13.2 Å². The molecule has 1 amide bonds. The number of nitrogens with zero attached hydrogens (tertiary/aromatic N) is 2. The van der Waals surface area contributed by atoms with E-state index in [4.69, 9.17) is 5.73 Å². The number of ketones is 4. The van der Waals surface area contributed by atoms with E-state index < -0.39 is 99.4 Å². The number of alkyl halides is 3. The predicted octanol–water partition coefficient (Wildman–Crippen LogP) is 2.86. The van der Waals surface area contributed by atoms with Crippen molar-refractivity contribution in [3.05, 3.63) is 64.2 Å². The molecule has 7 atom stereocenters. The molecule has 3 saturated carbocycles. The van der Waals surface area contributed by atoms with Crippen LogP contribution >= 0.6 is 0 Å². The number of halogens is 3. The van der Waals surface area contributed by atoms with Gasteiger partial charge in [-0.3, -0.25) is 33.8 Å². The number of phenols is 1. The van der Waals surface area contributed by atoms with E-state index in [-0.39, 0.29) is 24.6 Å². The van der Waals surface area contributed by atoms with Gasteiger partial charge in [-0.05, 0) is 81.3 Å². The van der Waals surface area contributed by atoms with E-state index in [1.165, 1.54) is 19.0 Å². The normalized spacial score (nSPS) is 29.5. The average molecular weight is 670 g/mol. The van der Waals surface area contributed by atoms with Gasteiger partial charge in [-0.1, -0.05) is 30.3 Å². The van der Waals surface area contributed by atoms with Gasteiger partial charge in [0.15, 0.2) is 34.7 Å². The quantitative estimate of drug-likeness (QED) is 0.360. The molecule has 256 valence electrons. The summed E-state index contributed by atoms with van der Waals surface area (Å²) in [6.07, 6.45) is -3.85. The number of carbonyl (C=O) groups is 5.